The van der Waals surface area contributed by atoms with E-state index in [0.717, 1.165) is 19.4 Å². The highest BCUT2D eigenvalue weighted by molar-refractivity contribution is 5.85. The van der Waals surface area contributed by atoms with Crippen molar-refractivity contribution in [3.8, 4) is 0 Å². The SMILES string of the molecule is CCCCOCCNc1nccc(C(=O)O)n1. The van der Waals surface area contributed by atoms with Crippen LogP contribution >= 0.6 is 0 Å². The second-order valence-electron chi connectivity index (χ2n) is 3.46. The van der Waals surface area contributed by atoms with Gasteiger partial charge in [0.05, 0.1) is 6.61 Å². The molecule has 0 amide bonds. The van der Waals surface area contributed by atoms with E-state index in [2.05, 4.69) is 22.2 Å². The van der Waals surface area contributed by atoms with Crippen molar-refractivity contribution in [2.75, 3.05) is 25.1 Å². The highest BCUT2D eigenvalue weighted by atomic mass is 16.5. The molecule has 0 aromatic carbocycles. The Morgan fingerprint density at radius 2 is 2.35 bits per heavy atom. The summed E-state index contributed by atoms with van der Waals surface area (Å²) < 4.78 is 5.34. The number of carboxylic acid groups (broad SMARTS) is 1. The molecule has 0 aliphatic carbocycles. The highest BCUT2D eigenvalue weighted by Crippen LogP contribution is 1.99. The lowest BCUT2D eigenvalue weighted by Gasteiger charge is -2.05. The largest absolute Gasteiger partial charge is 0.477 e. The van der Waals surface area contributed by atoms with Gasteiger partial charge in [0.1, 0.15) is 0 Å². The standard InChI is InChI=1S/C11H17N3O3/c1-2-3-7-17-8-6-13-11-12-5-4-9(14-11)10(15)16/h4-5H,2-3,6-8H2,1H3,(H,15,16)(H,12,13,14). The molecular formula is C11H17N3O3. The maximum Gasteiger partial charge on any atom is 0.354 e. The van der Waals surface area contributed by atoms with E-state index in [-0.39, 0.29) is 5.69 Å². The van der Waals surface area contributed by atoms with Crippen LogP contribution in [0, 0.1) is 0 Å². The predicted molar refractivity (Wildman–Crippen MR) is 63.2 cm³/mol. The molecule has 0 atom stereocenters. The van der Waals surface area contributed by atoms with Gasteiger partial charge in [0.2, 0.25) is 5.95 Å². The maximum atomic E-state index is 10.7. The number of unbranched alkanes of at least 4 members (excludes halogenated alkanes) is 1. The summed E-state index contributed by atoms with van der Waals surface area (Å²) in [6.45, 7) is 3.97. The summed E-state index contributed by atoms with van der Waals surface area (Å²) in [5, 5.41) is 11.6. The van der Waals surface area contributed by atoms with Crippen molar-refractivity contribution >= 4 is 11.9 Å². The molecule has 1 aromatic heterocycles. The van der Waals surface area contributed by atoms with Gasteiger partial charge < -0.3 is 15.2 Å². The van der Waals surface area contributed by atoms with E-state index in [0.29, 0.717) is 19.1 Å². The first-order valence-electron chi connectivity index (χ1n) is 5.62. The molecular weight excluding hydrogens is 222 g/mol. The Morgan fingerprint density at radius 1 is 1.53 bits per heavy atom. The molecule has 1 rings (SSSR count). The minimum absolute atomic E-state index is 0.0191. The number of nitrogens with zero attached hydrogens (tertiary/aromatic N) is 2. The van der Waals surface area contributed by atoms with Gasteiger partial charge in [0.25, 0.3) is 0 Å². The van der Waals surface area contributed by atoms with Crippen LogP contribution in [-0.2, 0) is 4.74 Å². The zero-order valence-electron chi connectivity index (χ0n) is 9.85. The van der Waals surface area contributed by atoms with Gasteiger partial charge in [-0.1, -0.05) is 13.3 Å². The fraction of sp³-hybridized carbons (Fsp3) is 0.545. The molecule has 17 heavy (non-hydrogen) atoms. The normalized spacial score (nSPS) is 10.2. The average Bonchev–Trinajstić information content (AvgIpc) is 2.34. The van der Waals surface area contributed by atoms with Crippen LogP contribution in [0.4, 0.5) is 5.95 Å². The first-order valence-corrected chi connectivity index (χ1v) is 5.62. The monoisotopic (exact) mass is 239 g/mol. The fourth-order valence-electron chi connectivity index (χ4n) is 1.15. The minimum atomic E-state index is -1.06. The Labute approximate surface area is 100 Å². The molecule has 0 unspecified atom stereocenters. The zero-order chi connectivity index (χ0) is 12.5. The summed E-state index contributed by atoms with van der Waals surface area (Å²) in [6, 6.07) is 1.35. The second kappa shape index (κ2) is 7.56. The third-order valence-corrected chi connectivity index (χ3v) is 2.05. The van der Waals surface area contributed by atoms with Gasteiger partial charge in [-0.3, -0.25) is 0 Å². The van der Waals surface area contributed by atoms with Crippen LogP contribution in [0.1, 0.15) is 30.3 Å². The Hall–Kier alpha value is -1.69. The average molecular weight is 239 g/mol. The van der Waals surface area contributed by atoms with Crippen molar-refractivity contribution in [2.45, 2.75) is 19.8 Å². The van der Waals surface area contributed by atoms with Crippen LogP contribution in [0.2, 0.25) is 0 Å². The molecule has 0 radical (unpaired) electrons. The zero-order valence-corrected chi connectivity index (χ0v) is 9.85. The summed E-state index contributed by atoms with van der Waals surface area (Å²) in [7, 11) is 0. The van der Waals surface area contributed by atoms with E-state index in [1.165, 1.54) is 12.3 Å². The molecule has 1 heterocycles. The van der Waals surface area contributed by atoms with Crippen LogP contribution in [0.3, 0.4) is 0 Å². The predicted octanol–water partition coefficient (Wildman–Crippen LogP) is 1.40. The molecule has 0 spiro atoms. The lowest BCUT2D eigenvalue weighted by Crippen LogP contribution is -2.13. The summed E-state index contributed by atoms with van der Waals surface area (Å²) in [5.74, 6) is -0.751. The van der Waals surface area contributed by atoms with E-state index < -0.39 is 5.97 Å². The number of rotatable bonds is 8. The highest BCUT2D eigenvalue weighted by Gasteiger charge is 2.05. The van der Waals surface area contributed by atoms with Crippen molar-refractivity contribution in [3.63, 3.8) is 0 Å². The second-order valence-corrected chi connectivity index (χ2v) is 3.46. The van der Waals surface area contributed by atoms with Crippen LogP contribution in [0.5, 0.6) is 0 Å². The summed E-state index contributed by atoms with van der Waals surface area (Å²) in [6.07, 6.45) is 3.57. The fourth-order valence-corrected chi connectivity index (χ4v) is 1.15. The quantitative estimate of drug-likeness (QED) is 0.667. The molecule has 0 fully saturated rings. The molecule has 0 saturated heterocycles. The number of carbonyl (C=O) groups is 1. The maximum absolute atomic E-state index is 10.7. The lowest BCUT2D eigenvalue weighted by atomic mass is 10.4. The third kappa shape index (κ3) is 5.26. The summed E-state index contributed by atoms with van der Waals surface area (Å²) in [4.78, 5) is 18.4. The van der Waals surface area contributed by atoms with E-state index in [4.69, 9.17) is 9.84 Å². The van der Waals surface area contributed by atoms with Crippen molar-refractivity contribution in [1.29, 1.82) is 0 Å². The van der Waals surface area contributed by atoms with E-state index in [9.17, 15) is 4.79 Å². The van der Waals surface area contributed by atoms with Gasteiger partial charge >= 0.3 is 5.97 Å². The molecule has 6 heteroatoms. The van der Waals surface area contributed by atoms with E-state index in [1.807, 2.05) is 0 Å². The Kier molecular flexibility index (Phi) is 5.95. The van der Waals surface area contributed by atoms with Crippen molar-refractivity contribution in [2.24, 2.45) is 0 Å². The molecule has 0 bridgehead atoms. The molecule has 2 N–H and O–H groups in total. The minimum Gasteiger partial charge on any atom is -0.477 e. The number of ether oxygens (including phenoxy) is 1. The third-order valence-electron chi connectivity index (χ3n) is 2.05. The van der Waals surface area contributed by atoms with Crippen molar-refractivity contribution in [3.05, 3.63) is 18.0 Å². The molecule has 0 aliphatic heterocycles. The number of nitrogens with one attached hydrogen (secondary N) is 1. The van der Waals surface area contributed by atoms with Gasteiger partial charge in [-0.25, -0.2) is 14.8 Å². The molecule has 0 aliphatic rings. The Balaban J connectivity index is 2.27. The smallest absolute Gasteiger partial charge is 0.354 e. The Bertz CT molecular complexity index is 358. The van der Waals surface area contributed by atoms with Gasteiger partial charge in [-0.2, -0.15) is 0 Å². The number of hydrogen-bond donors (Lipinski definition) is 2. The van der Waals surface area contributed by atoms with E-state index >= 15 is 0 Å². The van der Waals surface area contributed by atoms with Gasteiger partial charge in [-0.05, 0) is 12.5 Å². The Morgan fingerprint density at radius 3 is 3.06 bits per heavy atom. The van der Waals surface area contributed by atoms with Crippen molar-refractivity contribution < 1.29 is 14.6 Å². The topological polar surface area (TPSA) is 84.3 Å². The molecule has 6 nitrogen and oxygen atoms in total. The van der Waals surface area contributed by atoms with Crippen LogP contribution in [0.25, 0.3) is 0 Å². The first kappa shape index (κ1) is 13.4. The van der Waals surface area contributed by atoms with Gasteiger partial charge in [0, 0.05) is 19.3 Å². The number of carboxylic acids is 1. The van der Waals surface area contributed by atoms with Gasteiger partial charge in [-0.15, -0.1) is 0 Å². The van der Waals surface area contributed by atoms with Crippen LogP contribution in [0.15, 0.2) is 12.3 Å². The molecule has 0 saturated carbocycles. The van der Waals surface area contributed by atoms with Crippen LogP contribution in [-0.4, -0.2) is 40.8 Å². The number of aromatic nitrogens is 2. The lowest BCUT2D eigenvalue weighted by molar-refractivity contribution is 0.0690. The van der Waals surface area contributed by atoms with Gasteiger partial charge in [0.15, 0.2) is 5.69 Å². The van der Waals surface area contributed by atoms with E-state index in [1.54, 1.807) is 0 Å². The molecule has 94 valence electrons. The van der Waals surface area contributed by atoms with Crippen LogP contribution < -0.4 is 5.32 Å². The molecule has 1 aromatic rings. The summed E-state index contributed by atoms with van der Waals surface area (Å²) in [5.41, 5.74) is -0.0191. The number of aromatic carboxylic acids is 1. The number of anilines is 1. The van der Waals surface area contributed by atoms with Crippen molar-refractivity contribution in [1.82, 2.24) is 9.97 Å². The number of hydrogen-bond acceptors (Lipinski definition) is 5. The first-order chi connectivity index (χ1) is 8.24. The summed E-state index contributed by atoms with van der Waals surface area (Å²) >= 11 is 0.